The molecule has 0 N–H and O–H groups in total. The molecule has 4 aromatic rings. The number of aromatic nitrogens is 1. The number of methoxy groups -OCH3 is 2. The molecule has 2 aliphatic heterocycles. The first kappa shape index (κ1) is 23.0. The number of pyridine rings is 1. The second-order valence-electron chi connectivity index (χ2n) is 9.09. The first-order chi connectivity index (χ1) is 17.5. The summed E-state index contributed by atoms with van der Waals surface area (Å²) in [6.45, 7) is 1.14. The summed E-state index contributed by atoms with van der Waals surface area (Å²) in [7, 11) is -0.710. The molecular weight excluding hydrogens is 474 g/mol. The molecule has 1 aromatic heterocycles. The third-order valence-corrected chi connectivity index (χ3v) is 9.18. The number of hydrogen-bond donors (Lipinski definition) is 0. The van der Waals surface area contributed by atoms with E-state index >= 15 is 0 Å². The minimum absolute atomic E-state index is 0.0283. The molecule has 8 heteroatoms. The van der Waals surface area contributed by atoms with Crippen LogP contribution in [0.1, 0.15) is 28.9 Å². The number of hydrogen-bond acceptors (Lipinski definition) is 6. The maximum atomic E-state index is 14.4. The highest BCUT2D eigenvalue weighted by Crippen LogP contribution is 2.47. The van der Waals surface area contributed by atoms with Crippen LogP contribution in [-0.4, -0.2) is 49.9 Å². The van der Waals surface area contributed by atoms with E-state index in [1.165, 1.54) is 11.1 Å². The molecule has 3 aromatic carbocycles. The van der Waals surface area contributed by atoms with E-state index < -0.39 is 16.2 Å². The highest BCUT2D eigenvalue weighted by atomic mass is 32.2. The monoisotopic (exact) mass is 501 g/mol. The maximum absolute atomic E-state index is 14.4. The van der Waals surface area contributed by atoms with Gasteiger partial charge in [-0.15, -0.1) is 0 Å². The second-order valence-corrected chi connectivity index (χ2v) is 10.9. The zero-order valence-electron chi connectivity index (χ0n) is 20.2. The molecule has 1 saturated heterocycles. The molecule has 0 spiro atoms. The molecule has 184 valence electrons. The van der Waals surface area contributed by atoms with Gasteiger partial charge in [0.05, 0.1) is 25.2 Å². The van der Waals surface area contributed by atoms with Crippen LogP contribution in [0.3, 0.4) is 0 Å². The summed E-state index contributed by atoms with van der Waals surface area (Å²) in [5.74, 6) is 1.28. The van der Waals surface area contributed by atoms with Gasteiger partial charge in [-0.25, -0.2) is 8.42 Å². The predicted octanol–water partition coefficient (Wildman–Crippen LogP) is 4.55. The van der Waals surface area contributed by atoms with Crippen molar-refractivity contribution in [3.8, 4) is 11.5 Å². The quantitative estimate of drug-likeness (QED) is 0.399. The van der Waals surface area contributed by atoms with E-state index in [9.17, 15) is 8.42 Å². The average molecular weight is 502 g/mol. The van der Waals surface area contributed by atoms with Crippen molar-refractivity contribution in [2.75, 3.05) is 27.3 Å². The zero-order valence-corrected chi connectivity index (χ0v) is 21.0. The van der Waals surface area contributed by atoms with Gasteiger partial charge in [-0.2, -0.15) is 4.31 Å². The maximum Gasteiger partial charge on any atom is 0.245 e. The molecule has 1 fully saturated rings. The Bertz CT molecular complexity index is 1540. The Labute approximate surface area is 210 Å². The van der Waals surface area contributed by atoms with Crippen LogP contribution in [0.2, 0.25) is 0 Å². The summed E-state index contributed by atoms with van der Waals surface area (Å²) in [5, 5.41) is 0.551. The minimum atomic E-state index is -3.90. The van der Waals surface area contributed by atoms with E-state index in [2.05, 4.69) is 28.1 Å². The highest BCUT2D eigenvalue weighted by Gasteiger charge is 2.48. The Hall–Kier alpha value is -3.46. The van der Waals surface area contributed by atoms with Gasteiger partial charge in [0.25, 0.3) is 0 Å². The van der Waals surface area contributed by atoms with Gasteiger partial charge in [0, 0.05) is 24.7 Å². The Balaban J connectivity index is 1.51. The number of rotatable bonds is 5. The smallest absolute Gasteiger partial charge is 0.245 e. The van der Waals surface area contributed by atoms with E-state index in [-0.39, 0.29) is 10.9 Å². The fourth-order valence-corrected chi connectivity index (χ4v) is 7.38. The number of sulfonamides is 1. The third-order valence-electron chi connectivity index (χ3n) is 7.31. The summed E-state index contributed by atoms with van der Waals surface area (Å²) in [6.07, 6.45) is 2.09. The molecular formula is C28H27N3O4S. The first-order valence-electron chi connectivity index (χ1n) is 11.9. The molecule has 0 radical (unpaired) electrons. The molecule has 0 unspecified atom stereocenters. The largest absolute Gasteiger partial charge is 0.497 e. The molecule has 0 aliphatic carbocycles. The Morgan fingerprint density at radius 3 is 2.50 bits per heavy atom. The van der Waals surface area contributed by atoms with Crippen LogP contribution in [0.5, 0.6) is 11.5 Å². The number of nitrogens with zero attached hydrogens (tertiary/aromatic N) is 3. The van der Waals surface area contributed by atoms with E-state index in [1.54, 1.807) is 49.0 Å². The summed E-state index contributed by atoms with van der Waals surface area (Å²) < 4.78 is 41.3. The topological polar surface area (TPSA) is 72.0 Å². The number of ether oxygens (including phenoxy) is 2. The first-order valence-corrected chi connectivity index (χ1v) is 13.4. The van der Waals surface area contributed by atoms with Gasteiger partial charge in [-0.3, -0.25) is 9.88 Å². The van der Waals surface area contributed by atoms with Gasteiger partial charge < -0.3 is 9.47 Å². The third kappa shape index (κ3) is 3.56. The van der Waals surface area contributed by atoms with Crippen LogP contribution in [0.4, 0.5) is 0 Å². The molecule has 6 rings (SSSR count). The minimum Gasteiger partial charge on any atom is -0.497 e. The van der Waals surface area contributed by atoms with Gasteiger partial charge >= 0.3 is 0 Å². The standard InChI is InChI=1S/C28H27N3O4S/c1-34-21-11-9-20(10-12-21)28-30-17-15-19-6-3-4-7-22(19)24(30)18-31(28)36(32,33)26-14-13-25(35-2)27-23(26)8-5-16-29-27/h3-14,16,24,28H,15,17-18H2,1-2H3/t24-,28-/m1/s1. The van der Waals surface area contributed by atoms with Crippen molar-refractivity contribution in [1.29, 1.82) is 0 Å². The zero-order chi connectivity index (χ0) is 24.9. The highest BCUT2D eigenvalue weighted by molar-refractivity contribution is 7.89. The Kier molecular flexibility index (Phi) is 5.67. The van der Waals surface area contributed by atoms with Gasteiger partial charge in [-0.1, -0.05) is 36.4 Å². The van der Waals surface area contributed by atoms with Gasteiger partial charge in [0.2, 0.25) is 10.0 Å². The van der Waals surface area contributed by atoms with Crippen molar-refractivity contribution in [3.63, 3.8) is 0 Å². The Morgan fingerprint density at radius 1 is 0.917 bits per heavy atom. The molecule has 0 amide bonds. The fourth-order valence-electron chi connectivity index (χ4n) is 5.60. The van der Waals surface area contributed by atoms with E-state index in [0.29, 0.717) is 23.2 Å². The molecule has 0 saturated carbocycles. The van der Waals surface area contributed by atoms with Crippen molar-refractivity contribution in [2.24, 2.45) is 0 Å². The predicted molar refractivity (Wildman–Crippen MR) is 138 cm³/mol. The lowest BCUT2D eigenvalue weighted by Gasteiger charge is -2.35. The van der Waals surface area contributed by atoms with E-state index in [1.807, 2.05) is 30.3 Å². The lowest BCUT2D eigenvalue weighted by Crippen LogP contribution is -2.37. The molecule has 2 aliphatic rings. The van der Waals surface area contributed by atoms with Crippen molar-refractivity contribution < 1.29 is 17.9 Å². The van der Waals surface area contributed by atoms with Crippen LogP contribution in [0, 0.1) is 0 Å². The lowest BCUT2D eigenvalue weighted by molar-refractivity contribution is 0.154. The van der Waals surface area contributed by atoms with Crippen LogP contribution in [0.25, 0.3) is 10.9 Å². The summed E-state index contributed by atoms with van der Waals surface area (Å²) in [5.41, 5.74) is 3.92. The van der Waals surface area contributed by atoms with Gasteiger partial charge in [-0.05, 0) is 59.5 Å². The van der Waals surface area contributed by atoms with Crippen molar-refractivity contribution in [2.45, 2.75) is 23.5 Å². The number of fused-ring (bicyclic) bond motifs is 4. The van der Waals surface area contributed by atoms with Crippen LogP contribution < -0.4 is 9.47 Å². The Morgan fingerprint density at radius 2 is 1.72 bits per heavy atom. The molecule has 7 nitrogen and oxygen atoms in total. The van der Waals surface area contributed by atoms with Gasteiger partial charge in [0.15, 0.2) is 0 Å². The number of benzene rings is 3. The summed E-state index contributed by atoms with van der Waals surface area (Å²) >= 11 is 0. The van der Waals surface area contributed by atoms with E-state index in [0.717, 1.165) is 24.3 Å². The van der Waals surface area contributed by atoms with Crippen LogP contribution >= 0.6 is 0 Å². The fraction of sp³-hybridized carbons (Fsp3) is 0.250. The normalized spacial score (nSPS) is 20.2. The molecule has 36 heavy (non-hydrogen) atoms. The molecule has 0 bridgehead atoms. The molecule has 3 heterocycles. The average Bonchev–Trinajstić information content (AvgIpc) is 3.33. The second kappa shape index (κ2) is 8.89. The van der Waals surface area contributed by atoms with Crippen molar-refractivity contribution >= 4 is 20.9 Å². The summed E-state index contributed by atoms with van der Waals surface area (Å²) in [6, 6.07) is 22.9. The molecule has 2 atom stereocenters. The van der Waals surface area contributed by atoms with E-state index in [4.69, 9.17) is 9.47 Å². The SMILES string of the molecule is COc1ccc([C@@H]2N3CCc4ccccc4[C@H]3CN2S(=O)(=O)c2ccc(OC)c3ncccc23)cc1. The lowest BCUT2D eigenvalue weighted by atomic mass is 9.93. The van der Waals surface area contributed by atoms with Crippen LogP contribution in [-0.2, 0) is 16.4 Å². The van der Waals surface area contributed by atoms with Crippen LogP contribution in [0.15, 0.2) is 83.9 Å². The van der Waals surface area contributed by atoms with Gasteiger partial charge in [0.1, 0.15) is 23.2 Å². The van der Waals surface area contributed by atoms with Crippen molar-refractivity contribution in [3.05, 3.63) is 95.7 Å². The van der Waals surface area contributed by atoms with Crippen molar-refractivity contribution in [1.82, 2.24) is 14.2 Å². The summed E-state index contributed by atoms with van der Waals surface area (Å²) in [4.78, 5) is 6.96.